The first-order chi connectivity index (χ1) is 35.7. The molecule has 2 unspecified atom stereocenters. The highest BCUT2D eigenvalue weighted by molar-refractivity contribution is 5.76. The quantitative estimate of drug-likeness (QED) is 0.0420. The van der Waals surface area contributed by atoms with Crippen LogP contribution in [-0.2, 0) is 4.79 Å². The van der Waals surface area contributed by atoms with Gasteiger partial charge < -0.3 is 15.5 Å². The van der Waals surface area contributed by atoms with Gasteiger partial charge in [-0.2, -0.15) is 0 Å². The van der Waals surface area contributed by atoms with Gasteiger partial charge in [-0.05, 0) is 89.9 Å². The number of nitrogens with one attached hydrogen (secondary N) is 1. The molecule has 4 heteroatoms. The molecule has 3 N–H and O–H groups in total. The zero-order valence-electron chi connectivity index (χ0n) is 47.4. The maximum Gasteiger partial charge on any atom is 0.220 e. The number of aliphatic hydroxyl groups is 2. The molecule has 0 aliphatic heterocycles. The van der Waals surface area contributed by atoms with Crippen LogP contribution in [0, 0.1) is 0 Å². The van der Waals surface area contributed by atoms with E-state index in [-0.39, 0.29) is 12.5 Å². The molecule has 0 saturated carbocycles. The third kappa shape index (κ3) is 57.7. The van der Waals surface area contributed by atoms with Crippen molar-refractivity contribution in [1.29, 1.82) is 0 Å². The molecule has 412 valence electrons. The molecule has 0 aliphatic rings. The van der Waals surface area contributed by atoms with Crippen LogP contribution < -0.4 is 5.32 Å². The van der Waals surface area contributed by atoms with E-state index in [9.17, 15) is 15.0 Å². The largest absolute Gasteiger partial charge is 0.394 e. The van der Waals surface area contributed by atoms with Crippen LogP contribution in [0.2, 0.25) is 0 Å². The van der Waals surface area contributed by atoms with Crippen molar-refractivity contribution in [2.75, 3.05) is 6.61 Å². The van der Waals surface area contributed by atoms with Gasteiger partial charge in [0.2, 0.25) is 5.91 Å². The second kappa shape index (κ2) is 62.1. The molecule has 0 spiro atoms. The first-order valence-electron chi connectivity index (χ1n) is 30.7. The van der Waals surface area contributed by atoms with Crippen LogP contribution in [-0.4, -0.2) is 34.9 Å². The molecule has 0 aliphatic carbocycles. The van der Waals surface area contributed by atoms with E-state index in [0.29, 0.717) is 6.42 Å². The molecule has 0 saturated heterocycles. The van der Waals surface area contributed by atoms with Gasteiger partial charge in [0.25, 0.3) is 0 Å². The standard InChI is InChI=1S/C68H117NO3/c1-3-5-7-9-11-13-15-17-19-21-23-25-27-29-30-31-32-33-34-35-36-37-38-40-42-44-46-48-50-52-54-56-58-60-62-64-68(72)69-66(65-70)67(71)63-61-59-57-55-53-51-49-47-45-43-41-39-28-26-24-22-20-18-16-14-12-10-8-6-4-2/h5,7,11,13,17,19,23,25,29-30,32-33,35-36,38,40,44,46,61,63,66-67,70-71H,3-4,6,8-10,12,14-16,18,20-22,24,26-28,31,34,37,39,41-43,45,47-60,62,64-65H2,1-2H3,(H,69,72)/b7-5-,13-11-,19-17-,25-23-,30-29-,33-32-,36-35-,40-38-,46-44-,63-61+. The van der Waals surface area contributed by atoms with Gasteiger partial charge in [0.1, 0.15) is 0 Å². The van der Waals surface area contributed by atoms with Gasteiger partial charge >= 0.3 is 0 Å². The van der Waals surface area contributed by atoms with Crippen molar-refractivity contribution in [2.24, 2.45) is 0 Å². The lowest BCUT2D eigenvalue weighted by molar-refractivity contribution is -0.123. The molecule has 2 atom stereocenters. The van der Waals surface area contributed by atoms with Crippen LogP contribution in [0.3, 0.4) is 0 Å². The van der Waals surface area contributed by atoms with Crippen molar-refractivity contribution in [3.8, 4) is 0 Å². The number of carbonyl (C=O) groups is 1. The van der Waals surface area contributed by atoms with Crippen molar-refractivity contribution in [1.82, 2.24) is 5.32 Å². The van der Waals surface area contributed by atoms with E-state index < -0.39 is 12.1 Å². The fraction of sp³-hybridized carbons (Fsp3) is 0.691. The Morgan fingerprint density at radius 3 is 0.917 bits per heavy atom. The van der Waals surface area contributed by atoms with Crippen LogP contribution in [0.15, 0.2) is 122 Å². The molecule has 0 aromatic heterocycles. The fourth-order valence-electron chi connectivity index (χ4n) is 8.82. The zero-order valence-corrected chi connectivity index (χ0v) is 47.4. The van der Waals surface area contributed by atoms with Gasteiger partial charge in [-0.25, -0.2) is 0 Å². The third-order valence-electron chi connectivity index (χ3n) is 13.5. The Labute approximate surface area is 448 Å². The second-order valence-electron chi connectivity index (χ2n) is 20.4. The molecule has 0 aromatic carbocycles. The Morgan fingerprint density at radius 2 is 0.611 bits per heavy atom. The summed E-state index contributed by atoms with van der Waals surface area (Å²) >= 11 is 0. The summed E-state index contributed by atoms with van der Waals surface area (Å²) in [6.07, 6.45) is 95.1. The van der Waals surface area contributed by atoms with E-state index in [4.69, 9.17) is 0 Å². The fourth-order valence-corrected chi connectivity index (χ4v) is 8.82. The van der Waals surface area contributed by atoms with E-state index in [1.165, 1.54) is 167 Å². The normalized spacial score (nSPS) is 13.7. The van der Waals surface area contributed by atoms with Gasteiger partial charge in [0.05, 0.1) is 18.8 Å². The Kier molecular flexibility index (Phi) is 59.3. The molecule has 0 bridgehead atoms. The van der Waals surface area contributed by atoms with Gasteiger partial charge in [-0.3, -0.25) is 4.79 Å². The number of hydrogen-bond acceptors (Lipinski definition) is 3. The van der Waals surface area contributed by atoms with Crippen LogP contribution in [0.5, 0.6) is 0 Å². The van der Waals surface area contributed by atoms with Crippen LogP contribution in [0.1, 0.15) is 284 Å². The average molecular weight is 997 g/mol. The Bertz CT molecular complexity index is 1410. The van der Waals surface area contributed by atoms with Crippen LogP contribution >= 0.6 is 0 Å². The van der Waals surface area contributed by atoms with Gasteiger partial charge in [-0.15, -0.1) is 0 Å². The lowest BCUT2D eigenvalue weighted by Crippen LogP contribution is -2.45. The number of hydrogen-bond donors (Lipinski definition) is 3. The predicted molar refractivity (Wildman–Crippen MR) is 322 cm³/mol. The highest BCUT2D eigenvalue weighted by atomic mass is 16.3. The predicted octanol–water partition coefficient (Wildman–Crippen LogP) is 20.8. The van der Waals surface area contributed by atoms with Crippen LogP contribution in [0.4, 0.5) is 0 Å². The minimum absolute atomic E-state index is 0.0775. The minimum Gasteiger partial charge on any atom is -0.394 e. The molecular weight excluding hydrogens is 879 g/mol. The van der Waals surface area contributed by atoms with Crippen LogP contribution in [0.25, 0.3) is 0 Å². The van der Waals surface area contributed by atoms with E-state index in [1.807, 2.05) is 6.08 Å². The third-order valence-corrected chi connectivity index (χ3v) is 13.5. The van der Waals surface area contributed by atoms with Gasteiger partial charge in [-0.1, -0.05) is 309 Å². The molecule has 4 nitrogen and oxygen atoms in total. The molecule has 0 rings (SSSR count). The van der Waals surface area contributed by atoms with E-state index in [1.54, 1.807) is 6.08 Å². The monoisotopic (exact) mass is 996 g/mol. The van der Waals surface area contributed by atoms with E-state index >= 15 is 0 Å². The minimum atomic E-state index is -0.854. The summed E-state index contributed by atoms with van der Waals surface area (Å²) < 4.78 is 0. The number of unbranched alkanes of at least 4 members (excludes halogenated alkanes) is 30. The maximum atomic E-state index is 12.5. The first-order valence-corrected chi connectivity index (χ1v) is 30.7. The summed E-state index contributed by atoms with van der Waals surface area (Å²) in [5, 5.41) is 23.2. The van der Waals surface area contributed by atoms with Gasteiger partial charge in [0, 0.05) is 6.42 Å². The SMILES string of the molecule is CC/C=C\C/C=C\C/C=C\C/C=C\C/C=C\C/C=C\C/C=C\C/C=C\C/C=C\CCCCCCCCCC(=O)NC(CO)C(O)/C=C/CCCCCCCCCCCCCCCCCCCCCCCCC. The Morgan fingerprint density at radius 1 is 0.347 bits per heavy atom. The maximum absolute atomic E-state index is 12.5. The van der Waals surface area contributed by atoms with Crippen molar-refractivity contribution in [2.45, 2.75) is 296 Å². The summed E-state index contributed by atoms with van der Waals surface area (Å²) in [7, 11) is 0. The van der Waals surface area contributed by atoms with Crippen molar-refractivity contribution in [3.05, 3.63) is 122 Å². The highest BCUT2D eigenvalue weighted by Gasteiger charge is 2.18. The van der Waals surface area contributed by atoms with E-state index in [0.717, 1.165) is 96.3 Å². The van der Waals surface area contributed by atoms with Crippen molar-refractivity contribution < 1.29 is 15.0 Å². The molecule has 0 radical (unpaired) electrons. The first kappa shape index (κ1) is 68.8. The molecule has 0 aromatic rings. The lowest BCUT2D eigenvalue weighted by atomic mass is 10.0. The highest BCUT2D eigenvalue weighted by Crippen LogP contribution is 2.16. The summed E-state index contributed by atoms with van der Waals surface area (Å²) in [6.45, 7) is 4.20. The summed E-state index contributed by atoms with van der Waals surface area (Å²) in [5.74, 6) is -0.0775. The second-order valence-corrected chi connectivity index (χ2v) is 20.4. The molecule has 0 heterocycles. The number of carbonyl (C=O) groups excluding carboxylic acids is 1. The number of allylic oxidation sites excluding steroid dienone is 19. The smallest absolute Gasteiger partial charge is 0.220 e. The Balaban J connectivity index is 3.61. The average Bonchev–Trinajstić information content (AvgIpc) is 3.39. The summed E-state index contributed by atoms with van der Waals surface area (Å²) in [4.78, 5) is 12.5. The summed E-state index contributed by atoms with van der Waals surface area (Å²) in [5.41, 5.74) is 0. The van der Waals surface area contributed by atoms with E-state index in [2.05, 4.69) is 129 Å². The topological polar surface area (TPSA) is 69.6 Å². The van der Waals surface area contributed by atoms with Gasteiger partial charge in [0.15, 0.2) is 0 Å². The number of aliphatic hydroxyl groups excluding tert-OH is 2. The molecule has 0 fully saturated rings. The molecule has 1 amide bonds. The van der Waals surface area contributed by atoms with Crippen molar-refractivity contribution >= 4 is 5.91 Å². The summed E-state index contributed by atoms with van der Waals surface area (Å²) in [6, 6.07) is -0.638. The van der Waals surface area contributed by atoms with Crippen molar-refractivity contribution in [3.63, 3.8) is 0 Å². The number of rotatable bonds is 55. The molecule has 72 heavy (non-hydrogen) atoms. The number of amides is 1. The Hall–Kier alpha value is -3.21. The zero-order chi connectivity index (χ0) is 52.0. The lowest BCUT2D eigenvalue weighted by Gasteiger charge is -2.20. The molecular formula is C68H117NO3.